The van der Waals surface area contributed by atoms with Crippen LogP contribution < -0.4 is 10.2 Å². The van der Waals surface area contributed by atoms with E-state index in [1.807, 2.05) is 55.1 Å². The highest BCUT2D eigenvalue weighted by molar-refractivity contribution is 7.99. The van der Waals surface area contributed by atoms with E-state index in [2.05, 4.69) is 15.5 Å². The Bertz CT molecular complexity index is 1010. The van der Waals surface area contributed by atoms with E-state index in [0.717, 1.165) is 41.2 Å². The average molecular weight is 437 g/mol. The van der Waals surface area contributed by atoms with Crippen LogP contribution in [0.25, 0.3) is 11.4 Å². The third-order valence-corrected chi connectivity index (χ3v) is 6.32. The van der Waals surface area contributed by atoms with Gasteiger partial charge in [-0.25, -0.2) is 0 Å². The lowest BCUT2D eigenvalue weighted by Crippen LogP contribution is -2.42. The van der Waals surface area contributed by atoms with Crippen molar-refractivity contribution in [3.63, 3.8) is 0 Å². The number of hydrogen-bond acceptors (Lipinski definition) is 6. The molecule has 31 heavy (non-hydrogen) atoms. The number of amides is 2. The van der Waals surface area contributed by atoms with Crippen LogP contribution in [-0.2, 0) is 9.59 Å². The van der Waals surface area contributed by atoms with Crippen molar-refractivity contribution in [1.29, 1.82) is 0 Å². The number of carbonyl (C=O) groups is 2. The van der Waals surface area contributed by atoms with Crippen LogP contribution in [0.5, 0.6) is 0 Å². The van der Waals surface area contributed by atoms with Gasteiger partial charge < -0.3 is 14.7 Å². The Balaban J connectivity index is 1.47. The third kappa shape index (κ3) is 5.32. The molecule has 0 aliphatic carbocycles. The van der Waals surface area contributed by atoms with Gasteiger partial charge in [-0.1, -0.05) is 22.9 Å². The fraction of sp³-hybridized carbons (Fsp3) is 0.304. The molecule has 2 heterocycles. The van der Waals surface area contributed by atoms with E-state index >= 15 is 0 Å². The quantitative estimate of drug-likeness (QED) is 0.624. The SMILES string of the molecule is Cc1ccc(N(CC(=O)Nc2ccc(-c3ncon3)cc2)C(=O)C2CCSCC2)cc1. The lowest BCUT2D eigenvalue weighted by molar-refractivity contribution is -0.124. The predicted octanol–water partition coefficient (Wildman–Crippen LogP) is 4.16. The Hall–Kier alpha value is -3.13. The zero-order chi connectivity index (χ0) is 21.6. The van der Waals surface area contributed by atoms with E-state index in [-0.39, 0.29) is 24.3 Å². The highest BCUT2D eigenvalue weighted by atomic mass is 32.2. The van der Waals surface area contributed by atoms with Crippen LogP contribution >= 0.6 is 11.8 Å². The summed E-state index contributed by atoms with van der Waals surface area (Å²) < 4.78 is 4.76. The number of thioether (sulfide) groups is 1. The molecule has 0 unspecified atom stereocenters. The third-order valence-electron chi connectivity index (χ3n) is 5.27. The van der Waals surface area contributed by atoms with E-state index in [1.165, 1.54) is 6.39 Å². The van der Waals surface area contributed by atoms with E-state index in [1.54, 1.807) is 17.0 Å². The summed E-state index contributed by atoms with van der Waals surface area (Å²) in [5, 5.41) is 6.68. The zero-order valence-corrected chi connectivity index (χ0v) is 18.1. The van der Waals surface area contributed by atoms with Crippen LogP contribution in [0.3, 0.4) is 0 Å². The summed E-state index contributed by atoms with van der Waals surface area (Å²) in [5.41, 5.74) is 3.29. The average Bonchev–Trinajstić information content (AvgIpc) is 3.34. The molecule has 8 heteroatoms. The van der Waals surface area contributed by atoms with Gasteiger partial charge in [0.1, 0.15) is 6.54 Å². The maximum absolute atomic E-state index is 13.3. The number of nitrogens with one attached hydrogen (secondary N) is 1. The van der Waals surface area contributed by atoms with Crippen LogP contribution in [0.4, 0.5) is 11.4 Å². The first kappa shape index (κ1) is 21.1. The molecule has 160 valence electrons. The molecule has 1 N–H and O–H groups in total. The van der Waals surface area contributed by atoms with Gasteiger partial charge in [0.2, 0.25) is 24.0 Å². The van der Waals surface area contributed by atoms with Crippen LogP contribution in [-0.4, -0.2) is 40.0 Å². The summed E-state index contributed by atoms with van der Waals surface area (Å²) in [6.07, 6.45) is 2.97. The van der Waals surface area contributed by atoms with E-state index < -0.39 is 0 Å². The second-order valence-corrected chi connectivity index (χ2v) is 8.75. The number of aromatic nitrogens is 2. The zero-order valence-electron chi connectivity index (χ0n) is 17.3. The molecule has 0 atom stereocenters. The Morgan fingerprint density at radius 3 is 2.45 bits per heavy atom. The fourth-order valence-electron chi connectivity index (χ4n) is 3.53. The topological polar surface area (TPSA) is 88.3 Å². The molecule has 1 fully saturated rings. The van der Waals surface area contributed by atoms with Crippen molar-refractivity contribution < 1.29 is 14.1 Å². The molecule has 1 aliphatic heterocycles. The molecule has 0 saturated carbocycles. The van der Waals surface area contributed by atoms with Gasteiger partial charge in [0, 0.05) is 22.9 Å². The van der Waals surface area contributed by atoms with E-state index in [4.69, 9.17) is 4.52 Å². The van der Waals surface area contributed by atoms with E-state index in [9.17, 15) is 9.59 Å². The molecule has 2 aromatic carbocycles. The summed E-state index contributed by atoms with van der Waals surface area (Å²) in [7, 11) is 0. The molecule has 3 aromatic rings. The van der Waals surface area contributed by atoms with Gasteiger partial charge in [-0.2, -0.15) is 16.7 Å². The Labute approximate surface area is 185 Å². The van der Waals surface area contributed by atoms with Gasteiger partial charge in [0.05, 0.1) is 0 Å². The molecule has 2 amide bonds. The normalized spacial score (nSPS) is 14.2. The van der Waals surface area contributed by atoms with Gasteiger partial charge in [-0.3, -0.25) is 9.59 Å². The first-order valence-corrected chi connectivity index (χ1v) is 11.4. The second kappa shape index (κ2) is 9.78. The molecular formula is C23H24N4O3S. The monoisotopic (exact) mass is 436 g/mol. The molecule has 1 aliphatic rings. The van der Waals surface area contributed by atoms with Gasteiger partial charge in [-0.05, 0) is 67.7 Å². The van der Waals surface area contributed by atoms with Crippen LogP contribution in [0.1, 0.15) is 18.4 Å². The van der Waals surface area contributed by atoms with Gasteiger partial charge in [-0.15, -0.1) is 0 Å². The number of hydrogen-bond donors (Lipinski definition) is 1. The molecule has 7 nitrogen and oxygen atoms in total. The molecule has 1 saturated heterocycles. The highest BCUT2D eigenvalue weighted by Gasteiger charge is 2.28. The van der Waals surface area contributed by atoms with Gasteiger partial charge in [0.25, 0.3) is 0 Å². The summed E-state index contributed by atoms with van der Waals surface area (Å²) in [6.45, 7) is 1.97. The summed E-state index contributed by atoms with van der Waals surface area (Å²) in [6, 6.07) is 14.9. The molecule has 0 radical (unpaired) electrons. The lowest BCUT2D eigenvalue weighted by Gasteiger charge is -2.29. The number of anilines is 2. The fourth-order valence-corrected chi connectivity index (χ4v) is 4.64. The van der Waals surface area contributed by atoms with Crippen molar-refractivity contribution in [2.24, 2.45) is 5.92 Å². The predicted molar refractivity (Wildman–Crippen MR) is 122 cm³/mol. The maximum atomic E-state index is 13.3. The Morgan fingerprint density at radius 2 is 1.81 bits per heavy atom. The summed E-state index contributed by atoms with van der Waals surface area (Å²) in [5.74, 6) is 2.19. The largest absolute Gasteiger partial charge is 0.342 e. The minimum Gasteiger partial charge on any atom is -0.342 e. The van der Waals surface area contributed by atoms with Crippen molar-refractivity contribution >= 4 is 35.0 Å². The van der Waals surface area contributed by atoms with Gasteiger partial charge in [0.15, 0.2) is 0 Å². The standard InChI is InChI=1S/C23H24N4O3S/c1-16-2-8-20(9-3-16)27(23(29)18-10-12-31-13-11-18)14-21(28)25-19-6-4-17(5-7-19)22-24-15-30-26-22/h2-9,15,18H,10-14H2,1H3,(H,25,28). The van der Waals surface area contributed by atoms with Crippen LogP contribution in [0.15, 0.2) is 59.4 Å². The number of nitrogens with zero attached hydrogens (tertiary/aromatic N) is 3. The number of rotatable bonds is 6. The molecular weight excluding hydrogens is 412 g/mol. The minimum absolute atomic E-state index is 0.0201. The van der Waals surface area contributed by atoms with Crippen molar-refractivity contribution in [2.45, 2.75) is 19.8 Å². The number of aryl methyl sites for hydroxylation is 1. The number of benzene rings is 2. The van der Waals surface area contributed by atoms with E-state index in [0.29, 0.717) is 11.5 Å². The van der Waals surface area contributed by atoms with Crippen LogP contribution in [0.2, 0.25) is 0 Å². The van der Waals surface area contributed by atoms with Crippen molar-refractivity contribution in [1.82, 2.24) is 10.1 Å². The summed E-state index contributed by atoms with van der Waals surface area (Å²) >= 11 is 1.88. The first-order valence-electron chi connectivity index (χ1n) is 10.2. The maximum Gasteiger partial charge on any atom is 0.244 e. The molecule has 0 bridgehead atoms. The highest BCUT2D eigenvalue weighted by Crippen LogP contribution is 2.27. The Morgan fingerprint density at radius 1 is 1.10 bits per heavy atom. The molecule has 1 aromatic heterocycles. The number of carbonyl (C=O) groups excluding carboxylic acids is 2. The lowest BCUT2D eigenvalue weighted by atomic mass is 10.0. The smallest absolute Gasteiger partial charge is 0.244 e. The molecule has 4 rings (SSSR count). The first-order chi connectivity index (χ1) is 15.1. The minimum atomic E-state index is -0.244. The van der Waals surface area contributed by atoms with Crippen molar-refractivity contribution in [3.05, 3.63) is 60.5 Å². The second-order valence-electron chi connectivity index (χ2n) is 7.53. The Kier molecular flexibility index (Phi) is 6.66. The van der Waals surface area contributed by atoms with Gasteiger partial charge >= 0.3 is 0 Å². The van der Waals surface area contributed by atoms with Crippen molar-refractivity contribution in [2.75, 3.05) is 28.3 Å². The van der Waals surface area contributed by atoms with Crippen LogP contribution in [0, 0.1) is 12.8 Å². The van der Waals surface area contributed by atoms with Crippen molar-refractivity contribution in [3.8, 4) is 11.4 Å². The summed E-state index contributed by atoms with van der Waals surface area (Å²) in [4.78, 5) is 31.7. The molecule has 0 spiro atoms.